The van der Waals surface area contributed by atoms with Crippen molar-refractivity contribution in [3.63, 3.8) is 0 Å². The van der Waals surface area contributed by atoms with E-state index in [1.165, 1.54) is 4.68 Å². The second kappa shape index (κ2) is 6.42. The number of rotatable bonds is 6. The number of carbonyl (C=O) groups excluding carboxylic acids is 1. The zero-order valence-electron chi connectivity index (χ0n) is 13.6. The van der Waals surface area contributed by atoms with Gasteiger partial charge >= 0.3 is 11.7 Å². The fraction of sp³-hybridized carbons (Fsp3) is 0.846. The minimum atomic E-state index is -3.68. The van der Waals surface area contributed by atoms with E-state index in [0.29, 0.717) is 0 Å². The zero-order valence-corrected chi connectivity index (χ0v) is 14.4. The molecule has 1 aliphatic carbocycles. The van der Waals surface area contributed by atoms with E-state index in [9.17, 15) is 18.0 Å². The van der Waals surface area contributed by atoms with Crippen molar-refractivity contribution in [1.82, 2.24) is 19.8 Å². The van der Waals surface area contributed by atoms with Gasteiger partial charge < -0.3 is 4.74 Å². The van der Waals surface area contributed by atoms with Crippen LogP contribution in [-0.4, -0.2) is 51.3 Å². The highest BCUT2D eigenvalue weighted by Crippen LogP contribution is 2.28. The summed E-state index contributed by atoms with van der Waals surface area (Å²) in [5.41, 5.74) is -1.16. The van der Waals surface area contributed by atoms with Crippen LogP contribution in [0.3, 0.4) is 0 Å². The van der Waals surface area contributed by atoms with Crippen LogP contribution in [0.1, 0.15) is 46.1 Å². The van der Waals surface area contributed by atoms with Gasteiger partial charge in [-0.05, 0) is 50.5 Å². The molecule has 1 aromatic rings. The summed E-state index contributed by atoms with van der Waals surface area (Å²) in [4.78, 5) is 23.6. The van der Waals surface area contributed by atoms with Crippen LogP contribution in [0.25, 0.3) is 0 Å². The molecule has 0 unspecified atom stereocenters. The lowest BCUT2D eigenvalue weighted by Crippen LogP contribution is -2.34. The van der Waals surface area contributed by atoms with Crippen molar-refractivity contribution in [2.45, 2.75) is 58.2 Å². The van der Waals surface area contributed by atoms with E-state index in [1.54, 1.807) is 20.8 Å². The van der Waals surface area contributed by atoms with Crippen LogP contribution >= 0.6 is 0 Å². The molecule has 0 aromatic carbocycles. The van der Waals surface area contributed by atoms with Crippen molar-refractivity contribution in [1.29, 1.82) is 0 Å². The molecule has 2 rings (SSSR count). The number of tetrazole rings is 1. The van der Waals surface area contributed by atoms with Crippen molar-refractivity contribution in [3.05, 3.63) is 10.5 Å². The number of hydrogen-bond acceptors (Lipinski definition) is 7. The first-order chi connectivity index (χ1) is 10.6. The topological polar surface area (TPSA) is 113 Å². The molecule has 9 nitrogen and oxygen atoms in total. The molecule has 10 heteroatoms. The van der Waals surface area contributed by atoms with Gasteiger partial charge in [-0.3, -0.25) is 4.79 Å². The highest BCUT2D eigenvalue weighted by Gasteiger charge is 2.26. The molecule has 0 spiro atoms. The summed E-state index contributed by atoms with van der Waals surface area (Å²) in [6.07, 6.45) is 2.82. The number of ether oxygens (including phenoxy) is 1. The summed E-state index contributed by atoms with van der Waals surface area (Å²) in [7, 11) is -3.68. The van der Waals surface area contributed by atoms with Gasteiger partial charge in [0.2, 0.25) is 0 Å². The molecule has 1 aliphatic rings. The average Bonchev–Trinajstić information content (AvgIpc) is 2.63. The third-order valence-corrected chi connectivity index (χ3v) is 4.93. The van der Waals surface area contributed by atoms with Gasteiger partial charge in [0.1, 0.15) is 11.4 Å². The SMILES string of the molecule is CC(C)(C)OC(=O)CS(=O)(=O)CCn1nnn(C2CCC2)c1=O. The number of nitrogens with zero attached hydrogens (tertiary/aromatic N) is 4. The van der Waals surface area contributed by atoms with Gasteiger partial charge in [-0.15, -0.1) is 0 Å². The first-order valence-electron chi connectivity index (χ1n) is 7.52. The molecule has 23 heavy (non-hydrogen) atoms. The van der Waals surface area contributed by atoms with Gasteiger partial charge in [-0.2, -0.15) is 9.36 Å². The molecular formula is C13H22N4O5S. The minimum Gasteiger partial charge on any atom is -0.459 e. The summed E-state index contributed by atoms with van der Waals surface area (Å²) in [6.45, 7) is 4.86. The first kappa shape index (κ1) is 17.6. The number of carbonyl (C=O) groups is 1. The van der Waals surface area contributed by atoms with Gasteiger partial charge in [-0.1, -0.05) is 0 Å². The molecule has 1 saturated carbocycles. The van der Waals surface area contributed by atoms with Crippen LogP contribution in [0.4, 0.5) is 0 Å². The Labute approximate surface area is 134 Å². The van der Waals surface area contributed by atoms with Crippen LogP contribution in [0.15, 0.2) is 4.79 Å². The quantitative estimate of drug-likeness (QED) is 0.662. The highest BCUT2D eigenvalue weighted by molar-refractivity contribution is 7.92. The Morgan fingerprint density at radius 3 is 2.48 bits per heavy atom. The average molecular weight is 346 g/mol. The molecule has 0 radical (unpaired) electrons. The van der Waals surface area contributed by atoms with Crippen molar-refractivity contribution in [2.24, 2.45) is 0 Å². The smallest absolute Gasteiger partial charge is 0.363 e. The van der Waals surface area contributed by atoms with E-state index >= 15 is 0 Å². The lowest BCUT2D eigenvalue weighted by molar-refractivity contribution is -0.151. The number of aromatic nitrogens is 4. The molecule has 0 aliphatic heterocycles. The summed E-state index contributed by atoms with van der Waals surface area (Å²) < 4.78 is 31.2. The Kier molecular flexibility index (Phi) is 4.92. The lowest BCUT2D eigenvalue weighted by atomic mass is 9.93. The molecule has 0 bridgehead atoms. The summed E-state index contributed by atoms with van der Waals surface area (Å²) >= 11 is 0. The van der Waals surface area contributed by atoms with Crippen molar-refractivity contribution in [3.8, 4) is 0 Å². The standard InChI is InChI=1S/C13H22N4O5S/c1-13(2,3)22-11(18)9-23(20,21)8-7-16-12(19)17(15-14-16)10-5-4-6-10/h10H,4-9H2,1-3H3. The lowest BCUT2D eigenvalue weighted by Gasteiger charge is -2.23. The van der Waals surface area contributed by atoms with Crippen molar-refractivity contribution >= 4 is 15.8 Å². The Hall–Kier alpha value is -1.71. The van der Waals surface area contributed by atoms with E-state index in [1.807, 2.05) is 0 Å². The van der Waals surface area contributed by atoms with E-state index < -0.39 is 32.9 Å². The number of sulfone groups is 1. The first-order valence-corrected chi connectivity index (χ1v) is 9.34. The van der Waals surface area contributed by atoms with Crippen LogP contribution in [0.2, 0.25) is 0 Å². The fourth-order valence-corrected chi connectivity index (χ4v) is 3.15. The van der Waals surface area contributed by atoms with Gasteiger partial charge in [-0.25, -0.2) is 13.2 Å². The van der Waals surface area contributed by atoms with Gasteiger partial charge in [0.25, 0.3) is 0 Å². The van der Waals surface area contributed by atoms with Crippen LogP contribution in [0.5, 0.6) is 0 Å². The van der Waals surface area contributed by atoms with E-state index in [2.05, 4.69) is 10.4 Å². The van der Waals surface area contributed by atoms with E-state index in [0.717, 1.165) is 23.9 Å². The number of esters is 1. The predicted molar refractivity (Wildman–Crippen MR) is 81.7 cm³/mol. The maximum Gasteiger partial charge on any atom is 0.363 e. The second-order valence-electron chi connectivity index (χ2n) is 6.69. The maximum absolute atomic E-state index is 12.0. The van der Waals surface area contributed by atoms with E-state index in [4.69, 9.17) is 4.74 Å². The molecule has 0 atom stereocenters. The summed E-state index contributed by atoms with van der Waals surface area (Å²) in [5, 5.41) is 7.48. The largest absolute Gasteiger partial charge is 0.459 e. The normalized spacial score (nSPS) is 16.1. The number of aryl methyl sites for hydroxylation is 1. The molecule has 1 heterocycles. The Morgan fingerprint density at radius 1 is 1.30 bits per heavy atom. The second-order valence-corrected chi connectivity index (χ2v) is 8.88. The van der Waals surface area contributed by atoms with Crippen LogP contribution in [0, 0.1) is 0 Å². The predicted octanol–water partition coefficient (Wildman–Crippen LogP) is -0.0787. The minimum absolute atomic E-state index is 0.0645. The third-order valence-electron chi connectivity index (χ3n) is 3.45. The number of hydrogen-bond donors (Lipinski definition) is 0. The maximum atomic E-state index is 12.0. The van der Waals surface area contributed by atoms with Gasteiger partial charge in [0.15, 0.2) is 9.84 Å². The summed E-state index contributed by atoms with van der Waals surface area (Å²) in [6, 6.07) is 0.0645. The molecule has 0 amide bonds. The molecular weight excluding hydrogens is 324 g/mol. The van der Waals surface area contributed by atoms with Crippen LogP contribution in [-0.2, 0) is 25.9 Å². The summed E-state index contributed by atoms with van der Waals surface area (Å²) in [5.74, 6) is -1.88. The Bertz CT molecular complexity index is 724. The Balaban J connectivity index is 1.93. The molecule has 130 valence electrons. The van der Waals surface area contributed by atoms with E-state index in [-0.39, 0.29) is 18.3 Å². The fourth-order valence-electron chi connectivity index (χ4n) is 2.14. The molecule has 0 saturated heterocycles. The zero-order chi connectivity index (χ0) is 17.3. The van der Waals surface area contributed by atoms with Crippen molar-refractivity contribution in [2.75, 3.05) is 11.5 Å². The van der Waals surface area contributed by atoms with Gasteiger partial charge in [0, 0.05) is 0 Å². The van der Waals surface area contributed by atoms with Crippen LogP contribution < -0.4 is 5.69 Å². The van der Waals surface area contributed by atoms with Crippen molar-refractivity contribution < 1.29 is 17.9 Å². The molecule has 0 N–H and O–H groups in total. The highest BCUT2D eigenvalue weighted by atomic mass is 32.2. The third kappa shape index (κ3) is 4.88. The molecule has 1 fully saturated rings. The van der Waals surface area contributed by atoms with Gasteiger partial charge in [0.05, 0.1) is 18.3 Å². The Morgan fingerprint density at radius 2 is 1.96 bits per heavy atom. The molecule has 1 aromatic heterocycles. The monoisotopic (exact) mass is 346 g/mol.